The Balaban J connectivity index is 2.55. The van der Waals surface area contributed by atoms with E-state index in [-0.39, 0.29) is 17.6 Å². The Kier molecular flexibility index (Phi) is 3.99. The Hall–Kier alpha value is 0.110. The predicted octanol–water partition coefficient (Wildman–Crippen LogP) is 3.37. The Labute approximate surface area is 91.9 Å². The van der Waals surface area contributed by atoms with Gasteiger partial charge in [0.15, 0.2) is 0 Å². The minimum Gasteiger partial charge on any atom is -0.286 e. The molecule has 1 saturated heterocycles. The Morgan fingerprint density at radius 1 is 1.27 bits per heavy atom. The highest BCUT2D eigenvalue weighted by Crippen LogP contribution is 2.55. The average molecular weight is 236 g/mol. The summed E-state index contributed by atoms with van der Waals surface area (Å²) in [6.07, 6.45) is 0.613. The summed E-state index contributed by atoms with van der Waals surface area (Å²) in [4.78, 5) is 0. The molecule has 1 rings (SSSR count). The first-order valence-electron chi connectivity index (χ1n) is 5.32. The second kappa shape index (κ2) is 4.54. The van der Waals surface area contributed by atoms with Gasteiger partial charge >= 0.3 is 7.82 Å². The molecule has 0 aromatic carbocycles. The zero-order chi connectivity index (χ0) is 11.7. The van der Waals surface area contributed by atoms with Crippen molar-refractivity contribution >= 4 is 7.82 Å². The molecule has 0 aromatic heterocycles. The summed E-state index contributed by atoms with van der Waals surface area (Å²) in [5.41, 5.74) is -0.0476. The lowest BCUT2D eigenvalue weighted by atomic mass is 9.99. The van der Waals surface area contributed by atoms with Crippen LogP contribution in [0.5, 0.6) is 0 Å². The highest BCUT2D eigenvalue weighted by molar-refractivity contribution is 7.48. The van der Waals surface area contributed by atoms with Gasteiger partial charge in [-0.3, -0.25) is 13.6 Å². The van der Waals surface area contributed by atoms with E-state index in [1.165, 1.54) is 0 Å². The van der Waals surface area contributed by atoms with Gasteiger partial charge in [-0.15, -0.1) is 0 Å². The summed E-state index contributed by atoms with van der Waals surface area (Å²) in [7, 11) is -3.32. The van der Waals surface area contributed by atoms with Gasteiger partial charge in [-0.25, -0.2) is 4.57 Å². The van der Waals surface area contributed by atoms with Crippen LogP contribution < -0.4 is 0 Å². The third kappa shape index (κ3) is 4.64. The van der Waals surface area contributed by atoms with Crippen LogP contribution in [0, 0.1) is 5.41 Å². The first-order valence-corrected chi connectivity index (χ1v) is 6.78. The van der Waals surface area contributed by atoms with E-state index < -0.39 is 7.82 Å². The zero-order valence-corrected chi connectivity index (χ0v) is 11.0. The van der Waals surface area contributed by atoms with Gasteiger partial charge in [0.1, 0.15) is 0 Å². The number of hydrogen-bond donors (Lipinski definition) is 0. The van der Waals surface area contributed by atoms with Crippen LogP contribution in [0.3, 0.4) is 0 Å². The quantitative estimate of drug-likeness (QED) is 0.689. The summed E-state index contributed by atoms with van der Waals surface area (Å²) in [6.45, 7) is 10.2. The fourth-order valence-corrected chi connectivity index (χ4v) is 3.12. The van der Waals surface area contributed by atoms with Gasteiger partial charge in [-0.05, 0) is 19.3 Å². The van der Waals surface area contributed by atoms with E-state index in [4.69, 9.17) is 13.6 Å². The van der Waals surface area contributed by atoms with Crippen molar-refractivity contribution < 1.29 is 18.1 Å². The maximum Gasteiger partial charge on any atom is 0.475 e. The van der Waals surface area contributed by atoms with Crippen LogP contribution in [0.4, 0.5) is 0 Å². The molecule has 1 heterocycles. The van der Waals surface area contributed by atoms with Crippen LogP contribution in [0.15, 0.2) is 0 Å². The van der Waals surface area contributed by atoms with Crippen molar-refractivity contribution in [2.75, 3.05) is 6.61 Å². The molecule has 4 nitrogen and oxygen atoms in total. The van der Waals surface area contributed by atoms with Crippen LogP contribution in [0.2, 0.25) is 0 Å². The summed E-state index contributed by atoms with van der Waals surface area (Å²) in [5.74, 6) is 0. The van der Waals surface area contributed by atoms with Gasteiger partial charge < -0.3 is 0 Å². The lowest BCUT2D eigenvalue weighted by molar-refractivity contribution is -0.00613. The molecule has 2 atom stereocenters. The molecule has 0 spiro atoms. The van der Waals surface area contributed by atoms with Crippen LogP contribution in [0.1, 0.15) is 41.0 Å². The SMILES string of the molecule is C[C@@H]1C[C@@H](C)OP(=O)(OCC(C)(C)C)O1. The second-order valence-corrected chi connectivity index (χ2v) is 6.92. The van der Waals surface area contributed by atoms with Crippen LogP contribution >= 0.6 is 7.82 Å². The summed E-state index contributed by atoms with van der Waals surface area (Å²) < 4.78 is 27.8. The standard InChI is InChI=1S/C10H21O4P/c1-8-6-9(2)14-15(11,13-8)12-7-10(3,4)5/h8-9H,6-7H2,1-5H3/t8-,9-/m1/s1. The summed E-state index contributed by atoms with van der Waals surface area (Å²) in [6, 6.07) is 0. The van der Waals surface area contributed by atoms with Gasteiger partial charge in [-0.1, -0.05) is 20.8 Å². The Bertz CT molecular complexity index is 245. The predicted molar refractivity (Wildman–Crippen MR) is 58.7 cm³/mol. The van der Waals surface area contributed by atoms with Crippen molar-refractivity contribution in [1.29, 1.82) is 0 Å². The van der Waals surface area contributed by atoms with E-state index in [9.17, 15) is 4.57 Å². The molecule has 0 bridgehead atoms. The topological polar surface area (TPSA) is 44.8 Å². The molecule has 1 aliphatic rings. The first-order chi connectivity index (χ1) is 6.70. The monoisotopic (exact) mass is 236 g/mol. The van der Waals surface area contributed by atoms with Gasteiger partial charge in [0.25, 0.3) is 0 Å². The van der Waals surface area contributed by atoms with Gasteiger partial charge in [0.2, 0.25) is 0 Å². The maximum absolute atomic E-state index is 12.0. The molecule has 0 saturated carbocycles. The molecule has 90 valence electrons. The van der Waals surface area contributed by atoms with E-state index >= 15 is 0 Å². The molecular formula is C10H21O4P. The van der Waals surface area contributed by atoms with Gasteiger partial charge in [0, 0.05) is 6.42 Å². The van der Waals surface area contributed by atoms with Crippen molar-refractivity contribution in [2.24, 2.45) is 5.41 Å². The van der Waals surface area contributed by atoms with Crippen LogP contribution in [-0.2, 0) is 18.1 Å². The van der Waals surface area contributed by atoms with Crippen molar-refractivity contribution in [3.05, 3.63) is 0 Å². The largest absolute Gasteiger partial charge is 0.475 e. The number of phosphoric ester groups is 1. The van der Waals surface area contributed by atoms with Crippen LogP contribution in [-0.4, -0.2) is 18.8 Å². The van der Waals surface area contributed by atoms with E-state index in [1.807, 2.05) is 34.6 Å². The fourth-order valence-electron chi connectivity index (χ4n) is 1.35. The second-order valence-electron chi connectivity index (χ2n) is 5.35. The van der Waals surface area contributed by atoms with Crippen molar-refractivity contribution in [2.45, 2.75) is 53.2 Å². The number of hydrogen-bond acceptors (Lipinski definition) is 4. The summed E-state index contributed by atoms with van der Waals surface area (Å²) in [5, 5.41) is 0. The van der Waals surface area contributed by atoms with Crippen molar-refractivity contribution in [3.63, 3.8) is 0 Å². The molecule has 5 heteroatoms. The molecular weight excluding hydrogens is 215 g/mol. The zero-order valence-electron chi connectivity index (χ0n) is 10.1. The number of rotatable bonds is 2. The minimum atomic E-state index is -3.32. The lowest BCUT2D eigenvalue weighted by Crippen LogP contribution is -2.26. The minimum absolute atomic E-state index is 0.0476. The van der Waals surface area contributed by atoms with Crippen molar-refractivity contribution in [1.82, 2.24) is 0 Å². The van der Waals surface area contributed by atoms with E-state index in [0.29, 0.717) is 6.61 Å². The Morgan fingerprint density at radius 2 is 1.73 bits per heavy atom. The molecule has 0 amide bonds. The molecule has 0 radical (unpaired) electrons. The fraction of sp³-hybridized carbons (Fsp3) is 1.00. The van der Waals surface area contributed by atoms with Gasteiger partial charge in [0.05, 0.1) is 18.8 Å². The molecule has 0 unspecified atom stereocenters. The third-order valence-corrected chi connectivity index (χ3v) is 3.62. The lowest BCUT2D eigenvalue weighted by Gasteiger charge is -2.32. The summed E-state index contributed by atoms with van der Waals surface area (Å²) >= 11 is 0. The molecule has 0 aliphatic carbocycles. The average Bonchev–Trinajstić information content (AvgIpc) is 1.97. The smallest absolute Gasteiger partial charge is 0.286 e. The van der Waals surface area contributed by atoms with E-state index in [0.717, 1.165) is 6.42 Å². The van der Waals surface area contributed by atoms with E-state index in [2.05, 4.69) is 0 Å². The normalized spacial score (nSPS) is 37.9. The highest BCUT2D eigenvalue weighted by atomic mass is 31.2. The maximum atomic E-state index is 12.0. The Morgan fingerprint density at radius 3 is 2.13 bits per heavy atom. The molecule has 1 aliphatic heterocycles. The van der Waals surface area contributed by atoms with Crippen molar-refractivity contribution in [3.8, 4) is 0 Å². The number of phosphoric acid groups is 1. The molecule has 0 N–H and O–H groups in total. The van der Waals surface area contributed by atoms with Crippen LogP contribution in [0.25, 0.3) is 0 Å². The molecule has 1 fully saturated rings. The van der Waals surface area contributed by atoms with Gasteiger partial charge in [-0.2, -0.15) is 0 Å². The highest BCUT2D eigenvalue weighted by Gasteiger charge is 2.37. The van der Waals surface area contributed by atoms with E-state index in [1.54, 1.807) is 0 Å². The third-order valence-electron chi connectivity index (χ3n) is 1.94. The first kappa shape index (κ1) is 13.2. The molecule has 0 aromatic rings. The molecule has 15 heavy (non-hydrogen) atoms.